The number of carbonyl (C=O) groups excluding carboxylic acids is 1. The fourth-order valence-electron chi connectivity index (χ4n) is 1.56. The van der Waals surface area contributed by atoms with Crippen LogP contribution >= 0.6 is 0 Å². The molecule has 0 spiro atoms. The van der Waals surface area contributed by atoms with Crippen LogP contribution in [0.1, 0.15) is 13.3 Å². The topological polar surface area (TPSA) is 64.3 Å². The number of carbonyl (C=O) groups is 1. The number of rotatable bonds is 4. The average Bonchev–Trinajstić information content (AvgIpc) is 2.52. The van der Waals surface area contributed by atoms with Crippen molar-refractivity contribution in [2.24, 2.45) is 11.7 Å². The highest BCUT2D eigenvalue weighted by Gasteiger charge is 2.23. The summed E-state index contributed by atoms with van der Waals surface area (Å²) in [6.45, 7) is 2.45. The van der Waals surface area contributed by atoms with Gasteiger partial charge in [-0.3, -0.25) is 4.79 Å². The fraction of sp³-hybridized carbons (Fsp3) is 0.700. The Morgan fingerprint density at radius 2 is 2.43 bits per heavy atom. The first-order chi connectivity index (χ1) is 6.63. The summed E-state index contributed by atoms with van der Waals surface area (Å²) in [6, 6.07) is 0.0844. The van der Waals surface area contributed by atoms with Gasteiger partial charge in [0, 0.05) is 19.2 Å². The molecule has 0 saturated heterocycles. The Labute approximate surface area is 84.5 Å². The maximum absolute atomic E-state index is 11.6. The molecule has 0 saturated carbocycles. The predicted octanol–water partition coefficient (Wildman–Crippen LogP) is 0.0409. The lowest BCUT2D eigenvalue weighted by Crippen LogP contribution is -2.39. The smallest absolute Gasteiger partial charge is 0.227 e. The molecule has 4 heteroatoms. The van der Waals surface area contributed by atoms with Gasteiger partial charge in [0.25, 0.3) is 0 Å². The maximum atomic E-state index is 11.6. The summed E-state index contributed by atoms with van der Waals surface area (Å²) >= 11 is 0. The van der Waals surface area contributed by atoms with E-state index in [2.05, 4.69) is 5.32 Å². The minimum absolute atomic E-state index is 0.0310. The zero-order chi connectivity index (χ0) is 10.6. The van der Waals surface area contributed by atoms with Gasteiger partial charge in [0.2, 0.25) is 5.91 Å². The molecule has 0 aliphatic heterocycles. The molecule has 3 N–H and O–H groups in total. The first kappa shape index (κ1) is 11.2. The number of nitrogens with one attached hydrogen (secondary N) is 1. The predicted molar refractivity (Wildman–Crippen MR) is 54.7 cm³/mol. The molecule has 0 radical (unpaired) electrons. The van der Waals surface area contributed by atoms with Gasteiger partial charge >= 0.3 is 0 Å². The van der Waals surface area contributed by atoms with Crippen molar-refractivity contribution < 1.29 is 9.53 Å². The Kier molecular flexibility index (Phi) is 4.10. The summed E-state index contributed by atoms with van der Waals surface area (Å²) in [5.41, 5.74) is 5.66. The van der Waals surface area contributed by atoms with E-state index in [0.29, 0.717) is 13.0 Å². The van der Waals surface area contributed by atoms with Crippen molar-refractivity contribution in [1.82, 2.24) is 5.32 Å². The van der Waals surface area contributed by atoms with Crippen LogP contribution < -0.4 is 11.1 Å². The van der Waals surface area contributed by atoms with Gasteiger partial charge in [-0.2, -0.15) is 0 Å². The summed E-state index contributed by atoms with van der Waals surface area (Å²) in [7, 11) is 1.62. The zero-order valence-electron chi connectivity index (χ0n) is 8.69. The lowest BCUT2D eigenvalue weighted by atomic mass is 10.1. The molecule has 0 aromatic rings. The van der Waals surface area contributed by atoms with Crippen LogP contribution in [0.5, 0.6) is 0 Å². The summed E-state index contributed by atoms with van der Waals surface area (Å²) < 4.78 is 4.93. The van der Waals surface area contributed by atoms with Gasteiger partial charge in [-0.15, -0.1) is 0 Å². The lowest BCUT2D eigenvalue weighted by Gasteiger charge is -2.15. The molecule has 0 fully saturated rings. The molecule has 0 aromatic carbocycles. The molecule has 1 aliphatic rings. The Balaban J connectivity index is 2.32. The molecule has 3 atom stereocenters. The van der Waals surface area contributed by atoms with Gasteiger partial charge in [0.1, 0.15) is 0 Å². The molecule has 3 unspecified atom stereocenters. The standard InChI is InChI=1S/C10H18N2O2/c1-7(6-14-2)12-10(13)8-3-4-9(11)5-8/h3-4,7-9H,5-6,11H2,1-2H3,(H,12,13). The molecule has 4 nitrogen and oxygen atoms in total. The normalized spacial score (nSPS) is 27.6. The van der Waals surface area contributed by atoms with Crippen LogP contribution in [0.2, 0.25) is 0 Å². The minimum Gasteiger partial charge on any atom is -0.383 e. The summed E-state index contributed by atoms with van der Waals surface area (Å²) in [6.07, 6.45) is 4.47. The second-order valence-electron chi connectivity index (χ2n) is 3.76. The van der Waals surface area contributed by atoms with Gasteiger partial charge < -0.3 is 15.8 Å². The second-order valence-corrected chi connectivity index (χ2v) is 3.76. The number of methoxy groups -OCH3 is 1. The lowest BCUT2D eigenvalue weighted by molar-refractivity contribution is -0.124. The number of ether oxygens (including phenoxy) is 1. The van der Waals surface area contributed by atoms with Crippen molar-refractivity contribution in [2.75, 3.05) is 13.7 Å². The van der Waals surface area contributed by atoms with Crippen LogP contribution in [-0.2, 0) is 9.53 Å². The Morgan fingerprint density at radius 1 is 1.71 bits per heavy atom. The SMILES string of the molecule is COCC(C)NC(=O)C1C=CC(N)C1. The van der Waals surface area contributed by atoms with Crippen LogP contribution in [-0.4, -0.2) is 31.7 Å². The van der Waals surface area contributed by atoms with Crippen molar-refractivity contribution in [1.29, 1.82) is 0 Å². The Hall–Kier alpha value is -0.870. The zero-order valence-corrected chi connectivity index (χ0v) is 8.69. The summed E-state index contributed by atoms with van der Waals surface area (Å²) in [5.74, 6) is -0.0249. The maximum Gasteiger partial charge on any atom is 0.227 e. The van der Waals surface area contributed by atoms with Crippen LogP contribution in [0, 0.1) is 5.92 Å². The van der Waals surface area contributed by atoms with E-state index in [-0.39, 0.29) is 23.9 Å². The molecular formula is C10H18N2O2. The largest absolute Gasteiger partial charge is 0.383 e. The van der Waals surface area contributed by atoms with Crippen LogP contribution in [0.25, 0.3) is 0 Å². The van der Waals surface area contributed by atoms with Crippen LogP contribution in [0.3, 0.4) is 0 Å². The molecule has 1 amide bonds. The monoisotopic (exact) mass is 198 g/mol. The van der Waals surface area contributed by atoms with E-state index < -0.39 is 0 Å². The van der Waals surface area contributed by atoms with Crippen molar-refractivity contribution in [3.8, 4) is 0 Å². The molecule has 1 rings (SSSR count). The fourth-order valence-corrected chi connectivity index (χ4v) is 1.56. The first-order valence-electron chi connectivity index (χ1n) is 4.86. The third-order valence-electron chi connectivity index (χ3n) is 2.26. The van der Waals surface area contributed by atoms with E-state index in [1.165, 1.54) is 0 Å². The summed E-state index contributed by atoms with van der Waals surface area (Å²) in [4.78, 5) is 11.6. The minimum atomic E-state index is -0.0655. The number of amides is 1. The highest BCUT2D eigenvalue weighted by Crippen LogP contribution is 2.16. The number of nitrogens with two attached hydrogens (primary N) is 1. The Bertz CT molecular complexity index is 228. The van der Waals surface area contributed by atoms with E-state index in [0.717, 1.165) is 0 Å². The van der Waals surface area contributed by atoms with Crippen molar-refractivity contribution in [2.45, 2.75) is 25.4 Å². The van der Waals surface area contributed by atoms with E-state index in [4.69, 9.17) is 10.5 Å². The quantitative estimate of drug-likeness (QED) is 0.627. The van der Waals surface area contributed by atoms with Gasteiger partial charge in [-0.1, -0.05) is 12.2 Å². The van der Waals surface area contributed by atoms with Crippen LogP contribution in [0.4, 0.5) is 0 Å². The first-order valence-corrected chi connectivity index (χ1v) is 4.86. The number of hydrogen-bond acceptors (Lipinski definition) is 3. The number of hydrogen-bond donors (Lipinski definition) is 2. The second kappa shape index (κ2) is 5.12. The molecule has 0 heterocycles. The van der Waals surface area contributed by atoms with E-state index in [9.17, 15) is 4.79 Å². The van der Waals surface area contributed by atoms with Gasteiger partial charge in [0.15, 0.2) is 0 Å². The highest BCUT2D eigenvalue weighted by atomic mass is 16.5. The molecule has 1 aliphatic carbocycles. The van der Waals surface area contributed by atoms with E-state index >= 15 is 0 Å². The Morgan fingerprint density at radius 3 is 2.93 bits per heavy atom. The average molecular weight is 198 g/mol. The summed E-state index contributed by atoms with van der Waals surface area (Å²) in [5, 5.41) is 2.87. The van der Waals surface area contributed by atoms with Gasteiger partial charge in [-0.25, -0.2) is 0 Å². The van der Waals surface area contributed by atoms with Crippen LogP contribution in [0.15, 0.2) is 12.2 Å². The van der Waals surface area contributed by atoms with E-state index in [1.54, 1.807) is 7.11 Å². The molecular weight excluding hydrogens is 180 g/mol. The molecule has 0 aromatic heterocycles. The molecule has 80 valence electrons. The van der Waals surface area contributed by atoms with Crippen molar-refractivity contribution >= 4 is 5.91 Å². The van der Waals surface area contributed by atoms with Gasteiger partial charge in [0.05, 0.1) is 12.5 Å². The third-order valence-corrected chi connectivity index (χ3v) is 2.26. The highest BCUT2D eigenvalue weighted by molar-refractivity contribution is 5.81. The third kappa shape index (κ3) is 3.12. The van der Waals surface area contributed by atoms with Gasteiger partial charge in [-0.05, 0) is 13.3 Å². The van der Waals surface area contributed by atoms with E-state index in [1.807, 2.05) is 19.1 Å². The van der Waals surface area contributed by atoms with Crippen molar-refractivity contribution in [3.63, 3.8) is 0 Å². The molecule has 14 heavy (non-hydrogen) atoms. The van der Waals surface area contributed by atoms with Crippen molar-refractivity contribution in [3.05, 3.63) is 12.2 Å². The molecule has 0 bridgehead atoms.